The highest BCUT2D eigenvalue weighted by atomic mass is 16.5. The van der Waals surface area contributed by atoms with Crippen LogP contribution in [0.25, 0.3) is 0 Å². The fourth-order valence-corrected chi connectivity index (χ4v) is 2.79. The fourth-order valence-electron chi connectivity index (χ4n) is 2.79. The van der Waals surface area contributed by atoms with Crippen molar-refractivity contribution >= 4 is 5.91 Å². The van der Waals surface area contributed by atoms with Crippen molar-refractivity contribution in [1.82, 2.24) is 14.7 Å². The standard InChI is InChI=1S/C16H27N3O2/c1-4-8-19-12-15(13(3)17-19)16(20)18-9-6-7-14(11-18)21-10-5-2/h12,14H,4-11H2,1-3H3/t14-/m0/s1. The zero-order chi connectivity index (χ0) is 15.2. The summed E-state index contributed by atoms with van der Waals surface area (Å²) in [6.45, 7) is 9.29. The Balaban J connectivity index is 2.01. The van der Waals surface area contributed by atoms with Gasteiger partial charge < -0.3 is 9.64 Å². The molecule has 5 nitrogen and oxygen atoms in total. The van der Waals surface area contributed by atoms with Crippen molar-refractivity contribution < 1.29 is 9.53 Å². The zero-order valence-corrected chi connectivity index (χ0v) is 13.5. The molecule has 1 fully saturated rings. The van der Waals surface area contributed by atoms with Gasteiger partial charge in [0.2, 0.25) is 0 Å². The molecule has 5 heteroatoms. The molecule has 0 N–H and O–H groups in total. The van der Waals surface area contributed by atoms with E-state index in [2.05, 4.69) is 18.9 Å². The number of hydrogen-bond acceptors (Lipinski definition) is 3. The Hall–Kier alpha value is -1.36. The molecule has 21 heavy (non-hydrogen) atoms. The Kier molecular flexibility index (Phi) is 5.79. The summed E-state index contributed by atoms with van der Waals surface area (Å²) in [5, 5.41) is 4.42. The van der Waals surface area contributed by atoms with Crippen LogP contribution in [-0.2, 0) is 11.3 Å². The summed E-state index contributed by atoms with van der Waals surface area (Å²) in [7, 11) is 0. The average molecular weight is 293 g/mol. The monoisotopic (exact) mass is 293 g/mol. The van der Waals surface area contributed by atoms with Crippen molar-refractivity contribution in [2.45, 2.75) is 59.1 Å². The average Bonchev–Trinajstić information content (AvgIpc) is 2.86. The first-order chi connectivity index (χ1) is 10.2. The molecule has 1 aromatic rings. The normalized spacial score (nSPS) is 19.0. The highest BCUT2D eigenvalue weighted by molar-refractivity contribution is 5.95. The highest BCUT2D eigenvalue weighted by Gasteiger charge is 2.26. The molecule has 1 aromatic heterocycles. The predicted molar refractivity (Wildman–Crippen MR) is 82.4 cm³/mol. The first kappa shape index (κ1) is 16.0. The topological polar surface area (TPSA) is 47.4 Å². The van der Waals surface area contributed by atoms with Gasteiger partial charge in [0.1, 0.15) is 0 Å². The van der Waals surface area contributed by atoms with E-state index in [1.807, 2.05) is 22.7 Å². The van der Waals surface area contributed by atoms with Crippen molar-refractivity contribution in [3.8, 4) is 0 Å². The van der Waals surface area contributed by atoms with Gasteiger partial charge in [0, 0.05) is 32.4 Å². The first-order valence-corrected chi connectivity index (χ1v) is 8.10. The lowest BCUT2D eigenvalue weighted by atomic mass is 10.1. The second-order valence-corrected chi connectivity index (χ2v) is 5.78. The molecule has 0 spiro atoms. The summed E-state index contributed by atoms with van der Waals surface area (Å²) in [5.74, 6) is 0.0969. The van der Waals surface area contributed by atoms with E-state index < -0.39 is 0 Å². The van der Waals surface area contributed by atoms with E-state index in [0.717, 1.165) is 56.6 Å². The van der Waals surface area contributed by atoms with Crippen molar-refractivity contribution in [1.29, 1.82) is 0 Å². The lowest BCUT2D eigenvalue weighted by Crippen LogP contribution is -2.43. The second kappa shape index (κ2) is 7.59. The minimum absolute atomic E-state index is 0.0969. The number of rotatable bonds is 6. The molecule has 1 aliphatic heterocycles. The summed E-state index contributed by atoms with van der Waals surface area (Å²) >= 11 is 0. The molecule has 118 valence electrons. The third kappa shape index (κ3) is 4.06. The maximum atomic E-state index is 12.7. The van der Waals surface area contributed by atoms with Crippen LogP contribution in [0.2, 0.25) is 0 Å². The van der Waals surface area contributed by atoms with Crippen molar-refractivity contribution in [3.05, 3.63) is 17.5 Å². The van der Waals surface area contributed by atoms with Crippen LogP contribution >= 0.6 is 0 Å². The van der Waals surface area contributed by atoms with E-state index in [9.17, 15) is 4.79 Å². The minimum Gasteiger partial charge on any atom is -0.376 e. The molecule has 1 amide bonds. The molecule has 0 saturated carbocycles. The lowest BCUT2D eigenvalue weighted by molar-refractivity contribution is 0.00208. The predicted octanol–water partition coefficient (Wildman–Crippen LogP) is 2.63. The molecule has 0 aromatic carbocycles. The second-order valence-electron chi connectivity index (χ2n) is 5.78. The minimum atomic E-state index is 0.0969. The molecular weight excluding hydrogens is 266 g/mol. The molecular formula is C16H27N3O2. The van der Waals surface area contributed by atoms with Gasteiger partial charge >= 0.3 is 0 Å². The lowest BCUT2D eigenvalue weighted by Gasteiger charge is -2.32. The SMILES string of the molecule is CCCO[C@H]1CCCN(C(=O)c2cn(CCC)nc2C)C1. The van der Waals surface area contributed by atoms with E-state index in [4.69, 9.17) is 4.74 Å². The zero-order valence-electron chi connectivity index (χ0n) is 13.5. The summed E-state index contributed by atoms with van der Waals surface area (Å²) in [4.78, 5) is 14.6. The largest absolute Gasteiger partial charge is 0.376 e. The molecule has 1 saturated heterocycles. The van der Waals surface area contributed by atoms with Crippen LogP contribution in [0.5, 0.6) is 0 Å². The smallest absolute Gasteiger partial charge is 0.257 e. The van der Waals surface area contributed by atoms with Crippen molar-refractivity contribution in [2.24, 2.45) is 0 Å². The number of carbonyl (C=O) groups is 1. The third-order valence-corrected chi connectivity index (χ3v) is 3.85. The number of carbonyl (C=O) groups excluding carboxylic acids is 1. The Morgan fingerprint density at radius 3 is 2.95 bits per heavy atom. The molecule has 2 rings (SSSR count). The van der Waals surface area contributed by atoms with Gasteiger partial charge in [-0.15, -0.1) is 0 Å². The molecule has 0 unspecified atom stereocenters. The van der Waals surface area contributed by atoms with Crippen molar-refractivity contribution in [2.75, 3.05) is 19.7 Å². The number of piperidine rings is 1. The summed E-state index contributed by atoms with van der Waals surface area (Å²) in [6, 6.07) is 0. The van der Waals surface area contributed by atoms with Gasteiger partial charge in [-0.05, 0) is 32.6 Å². The van der Waals surface area contributed by atoms with Gasteiger partial charge in [-0.3, -0.25) is 9.48 Å². The van der Waals surface area contributed by atoms with Crippen LogP contribution in [0.3, 0.4) is 0 Å². The van der Waals surface area contributed by atoms with Crippen LogP contribution in [0.1, 0.15) is 55.6 Å². The number of amides is 1. The van der Waals surface area contributed by atoms with Crippen LogP contribution in [0, 0.1) is 6.92 Å². The number of likely N-dealkylation sites (tertiary alicyclic amines) is 1. The van der Waals surface area contributed by atoms with Crippen LogP contribution in [0.4, 0.5) is 0 Å². The Morgan fingerprint density at radius 2 is 2.24 bits per heavy atom. The Bertz CT molecular complexity index is 470. The van der Waals surface area contributed by atoms with Crippen LogP contribution in [-0.4, -0.2) is 46.4 Å². The maximum Gasteiger partial charge on any atom is 0.257 e. The Labute approximate surface area is 127 Å². The molecule has 0 bridgehead atoms. The summed E-state index contributed by atoms with van der Waals surface area (Å²) in [5.41, 5.74) is 1.56. The molecule has 0 radical (unpaired) electrons. The van der Waals surface area contributed by atoms with Gasteiger partial charge in [0.15, 0.2) is 0 Å². The number of hydrogen-bond donors (Lipinski definition) is 0. The van der Waals surface area contributed by atoms with E-state index in [1.165, 1.54) is 0 Å². The molecule has 2 heterocycles. The van der Waals surface area contributed by atoms with Gasteiger partial charge in [-0.1, -0.05) is 13.8 Å². The van der Waals surface area contributed by atoms with E-state index in [0.29, 0.717) is 6.54 Å². The fraction of sp³-hybridized carbons (Fsp3) is 0.750. The van der Waals surface area contributed by atoms with Gasteiger partial charge in [-0.25, -0.2) is 0 Å². The summed E-state index contributed by atoms with van der Waals surface area (Å²) < 4.78 is 7.68. The number of aryl methyl sites for hydroxylation is 2. The highest BCUT2D eigenvalue weighted by Crippen LogP contribution is 2.18. The first-order valence-electron chi connectivity index (χ1n) is 8.10. The van der Waals surface area contributed by atoms with E-state index in [-0.39, 0.29) is 12.0 Å². The number of nitrogens with zero attached hydrogens (tertiary/aromatic N) is 3. The molecule has 1 atom stereocenters. The van der Waals surface area contributed by atoms with Crippen LogP contribution < -0.4 is 0 Å². The third-order valence-electron chi connectivity index (χ3n) is 3.85. The number of ether oxygens (including phenoxy) is 1. The summed E-state index contributed by atoms with van der Waals surface area (Å²) in [6.07, 6.45) is 6.19. The van der Waals surface area contributed by atoms with E-state index in [1.54, 1.807) is 0 Å². The van der Waals surface area contributed by atoms with Crippen LogP contribution in [0.15, 0.2) is 6.20 Å². The van der Waals surface area contributed by atoms with Gasteiger partial charge in [0.05, 0.1) is 17.4 Å². The quantitative estimate of drug-likeness (QED) is 0.810. The maximum absolute atomic E-state index is 12.7. The van der Waals surface area contributed by atoms with E-state index >= 15 is 0 Å². The van der Waals surface area contributed by atoms with Gasteiger partial charge in [0.25, 0.3) is 5.91 Å². The van der Waals surface area contributed by atoms with Crippen molar-refractivity contribution in [3.63, 3.8) is 0 Å². The molecule has 0 aliphatic carbocycles. The Morgan fingerprint density at radius 1 is 1.43 bits per heavy atom. The van der Waals surface area contributed by atoms with Gasteiger partial charge in [-0.2, -0.15) is 5.10 Å². The molecule has 1 aliphatic rings. The number of aromatic nitrogens is 2.